The molecule has 0 aliphatic carbocycles. The van der Waals surface area contributed by atoms with E-state index in [1.54, 1.807) is 0 Å². The van der Waals surface area contributed by atoms with Crippen LogP contribution in [0.25, 0.3) is 0 Å². The summed E-state index contributed by atoms with van der Waals surface area (Å²) >= 11 is 1.49. The van der Waals surface area contributed by atoms with Crippen LogP contribution in [-0.2, 0) is 16.1 Å². The number of rotatable bonds is 7. The van der Waals surface area contributed by atoms with Gasteiger partial charge in [-0.3, -0.25) is 4.79 Å². The number of hydrogen-bond acceptors (Lipinski definition) is 4. The molecule has 0 bridgehead atoms. The second-order valence-electron chi connectivity index (χ2n) is 3.80. The predicted molar refractivity (Wildman–Crippen MR) is 73.5 cm³/mol. The minimum Gasteiger partial charge on any atom is -0.375 e. The molecule has 0 aliphatic heterocycles. The lowest BCUT2D eigenvalue weighted by Gasteiger charge is -2.04. The van der Waals surface area contributed by atoms with Crippen LogP contribution in [-0.4, -0.2) is 32.1 Å². The van der Waals surface area contributed by atoms with Crippen LogP contribution < -0.4 is 11.1 Å². The average molecular weight is 302 g/mol. The van der Waals surface area contributed by atoms with Gasteiger partial charge in [0, 0.05) is 22.2 Å². The summed E-state index contributed by atoms with van der Waals surface area (Å²) in [6.45, 7) is 0.0540. The van der Waals surface area contributed by atoms with Gasteiger partial charge in [-0.15, -0.1) is 11.3 Å². The van der Waals surface area contributed by atoms with Crippen molar-refractivity contribution in [1.82, 2.24) is 5.32 Å². The van der Waals surface area contributed by atoms with Crippen molar-refractivity contribution in [3.8, 4) is 11.8 Å². The number of alkyl halides is 2. The zero-order valence-corrected chi connectivity index (χ0v) is 11.6. The largest absolute Gasteiger partial charge is 0.375 e. The molecule has 0 radical (unpaired) electrons. The first-order chi connectivity index (χ1) is 9.61. The molecule has 4 nitrogen and oxygen atoms in total. The summed E-state index contributed by atoms with van der Waals surface area (Å²) in [5.41, 5.74) is 6.14. The van der Waals surface area contributed by atoms with E-state index in [4.69, 9.17) is 5.73 Å². The molecule has 3 N–H and O–H groups in total. The molecule has 0 spiro atoms. The topological polar surface area (TPSA) is 64.3 Å². The van der Waals surface area contributed by atoms with Crippen LogP contribution >= 0.6 is 11.3 Å². The predicted octanol–water partition coefficient (Wildman–Crippen LogP) is 1.35. The fourth-order valence-corrected chi connectivity index (χ4v) is 2.06. The molecule has 110 valence electrons. The smallest absolute Gasteiger partial charge is 0.261 e. The highest BCUT2D eigenvalue weighted by Gasteiger charge is 2.05. The minimum atomic E-state index is -2.50. The molecule has 0 saturated carbocycles. The van der Waals surface area contributed by atoms with Crippen molar-refractivity contribution in [3.05, 3.63) is 21.9 Å². The Morgan fingerprint density at radius 2 is 2.35 bits per heavy atom. The zero-order chi connectivity index (χ0) is 14.8. The van der Waals surface area contributed by atoms with Gasteiger partial charge in [0.05, 0.1) is 19.7 Å². The third-order valence-corrected chi connectivity index (χ3v) is 3.10. The number of thiophene rings is 1. The monoisotopic (exact) mass is 302 g/mol. The number of carbonyl (C=O) groups excluding carboxylic acids is 1. The molecule has 1 amide bonds. The van der Waals surface area contributed by atoms with E-state index in [1.807, 2.05) is 11.4 Å². The van der Waals surface area contributed by atoms with E-state index in [-0.39, 0.29) is 18.9 Å². The Kier molecular flexibility index (Phi) is 7.80. The van der Waals surface area contributed by atoms with Gasteiger partial charge < -0.3 is 15.8 Å². The van der Waals surface area contributed by atoms with Crippen LogP contribution in [0.3, 0.4) is 0 Å². The van der Waals surface area contributed by atoms with Crippen molar-refractivity contribution in [2.45, 2.75) is 19.4 Å². The van der Waals surface area contributed by atoms with Crippen LogP contribution in [0.1, 0.15) is 16.9 Å². The fourth-order valence-electron chi connectivity index (χ4n) is 1.30. The summed E-state index contributed by atoms with van der Waals surface area (Å²) in [5.74, 6) is 5.41. The maximum absolute atomic E-state index is 11.8. The summed E-state index contributed by atoms with van der Waals surface area (Å²) < 4.78 is 28.2. The lowest BCUT2D eigenvalue weighted by Crippen LogP contribution is -2.23. The summed E-state index contributed by atoms with van der Waals surface area (Å²) in [5, 5.41) is 4.57. The van der Waals surface area contributed by atoms with E-state index < -0.39 is 13.0 Å². The van der Waals surface area contributed by atoms with E-state index in [0.29, 0.717) is 13.1 Å². The van der Waals surface area contributed by atoms with Gasteiger partial charge in [0.25, 0.3) is 6.43 Å². The summed E-state index contributed by atoms with van der Waals surface area (Å²) in [7, 11) is 0. The zero-order valence-electron chi connectivity index (χ0n) is 10.8. The molecule has 1 heterocycles. The van der Waals surface area contributed by atoms with Crippen molar-refractivity contribution < 1.29 is 18.3 Å². The van der Waals surface area contributed by atoms with Gasteiger partial charge in [-0.2, -0.15) is 0 Å². The van der Waals surface area contributed by atoms with Gasteiger partial charge >= 0.3 is 0 Å². The first kappa shape index (κ1) is 16.6. The fraction of sp³-hybridized carbons (Fsp3) is 0.462. The first-order valence-corrected chi connectivity index (χ1v) is 6.88. The molecule has 0 aromatic carbocycles. The van der Waals surface area contributed by atoms with Crippen molar-refractivity contribution in [2.24, 2.45) is 5.73 Å². The maximum Gasteiger partial charge on any atom is 0.261 e. The molecular formula is C13H16F2N2O2S. The SMILES string of the molecule is NCC#Cc1csc(CNC(=O)CCOCC(F)F)c1. The molecule has 7 heteroatoms. The molecule has 0 atom stereocenters. The number of carbonyl (C=O) groups is 1. The first-order valence-electron chi connectivity index (χ1n) is 6.00. The van der Waals surface area contributed by atoms with Gasteiger partial charge in [-0.05, 0) is 6.07 Å². The average Bonchev–Trinajstić information content (AvgIpc) is 2.87. The lowest BCUT2D eigenvalue weighted by molar-refractivity contribution is -0.122. The van der Waals surface area contributed by atoms with Gasteiger partial charge in [0.15, 0.2) is 0 Å². The van der Waals surface area contributed by atoms with E-state index in [9.17, 15) is 13.6 Å². The molecule has 0 fully saturated rings. The van der Waals surface area contributed by atoms with E-state index in [2.05, 4.69) is 21.9 Å². The number of nitrogens with two attached hydrogens (primary N) is 1. The lowest BCUT2D eigenvalue weighted by atomic mass is 10.3. The highest BCUT2D eigenvalue weighted by molar-refractivity contribution is 7.10. The van der Waals surface area contributed by atoms with E-state index >= 15 is 0 Å². The van der Waals surface area contributed by atoms with Gasteiger partial charge in [-0.25, -0.2) is 8.78 Å². The molecule has 1 aromatic rings. The Hall–Kier alpha value is -1.49. The van der Waals surface area contributed by atoms with Crippen LogP contribution in [0, 0.1) is 11.8 Å². The van der Waals surface area contributed by atoms with E-state index in [1.165, 1.54) is 11.3 Å². The Morgan fingerprint density at radius 1 is 1.55 bits per heavy atom. The minimum absolute atomic E-state index is 0.00611. The number of halogens is 2. The van der Waals surface area contributed by atoms with Crippen LogP contribution in [0.2, 0.25) is 0 Å². The summed E-state index contributed by atoms with van der Waals surface area (Å²) in [6, 6.07) is 1.88. The maximum atomic E-state index is 11.8. The second kappa shape index (κ2) is 9.42. The molecule has 0 saturated heterocycles. The molecule has 0 aliphatic rings. The molecule has 1 aromatic heterocycles. The van der Waals surface area contributed by atoms with Crippen molar-refractivity contribution in [2.75, 3.05) is 19.8 Å². The Labute approximate surface area is 120 Å². The molecular weight excluding hydrogens is 286 g/mol. The highest BCUT2D eigenvalue weighted by Crippen LogP contribution is 2.13. The third kappa shape index (κ3) is 7.19. The van der Waals surface area contributed by atoms with Crippen LogP contribution in [0.15, 0.2) is 11.4 Å². The van der Waals surface area contributed by atoms with E-state index in [0.717, 1.165) is 10.4 Å². The number of hydrogen-bond donors (Lipinski definition) is 2. The summed E-state index contributed by atoms with van der Waals surface area (Å²) in [4.78, 5) is 12.4. The number of ether oxygens (including phenoxy) is 1. The quantitative estimate of drug-likeness (QED) is 0.590. The molecule has 0 unspecified atom stereocenters. The Bertz CT molecular complexity index is 480. The summed E-state index contributed by atoms with van der Waals surface area (Å²) in [6.07, 6.45) is -2.44. The van der Waals surface area contributed by atoms with Gasteiger partial charge in [0.1, 0.15) is 6.61 Å². The Balaban J connectivity index is 2.22. The van der Waals surface area contributed by atoms with Gasteiger partial charge in [-0.1, -0.05) is 11.8 Å². The van der Waals surface area contributed by atoms with Crippen LogP contribution in [0.5, 0.6) is 0 Å². The number of amides is 1. The number of nitrogens with one attached hydrogen (secondary N) is 1. The van der Waals surface area contributed by atoms with Crippen molar-refractivity contribution in [3.63, 3.8) is 0 Å². The second-order valence-corrected chi connectivity index (χ2v) is 4.80. The normalized spacial score (nSPS) is 10.2. The van der Waals surface area contributed by atoms with Crippen molar-refractivity contribution >= 4 is 17.2 Å². The molecule has 20 heavy (non-hydrogen) atoms. The third-order valence-electron chi connectivity index (χ3n) is 2.17. The van der Waals surface area contributed by atoms with Crippen molar-refractivity contribution in [1.29, 1.82) is 0 Å². The standard InChI is InChI=1S/C13H16F2N2O2S/c14-12(15)8-19-5-3-13(18)17-7-11-6-10(9-20-11)2-1-4-16/h6,9,12H,3-5,7-8,16H2,(H,17,18). The molecule has 1 rings (SSSR count). The van der Waals surface area contributed by atoms with Crippen LogP contribution in [0.4, 0.5) is 8.78 Å². The van der Waals surface area contributed by atoms with Gasteiger partial charge in [0.2, 0.25) is 5.91 Å². The highest BCUT2D eigenvalue weighted by atomic mass is 32.1. The Morgan fingerprint density at radius 3 is 3.05 bits per heavy atom.